The summed E-state index contributed by atoms with van der Waals surface area (Å²) >= 11 is 6.49. The van der Waals surface area contributed by atoms with Crippen LogP contribution in [0.25, 0.3) is 0 Å². The minimum atomic E-state index is -3.67. The predicted octanol–water partition coefficient (Wildman–Crippen LogP) is 5.97. The van der Waals surface area contributed by atoms with Gasteiger partial charge in [-0.25, -0.2) is 8.42 Å². The van der Waals surface area contributed by atoms with E-state index in [1.807, 2.05) is 30.3 Å². The maximum Gasteiger partial charge on any atom is 0.261 e. The maximum atomic E-state index is 12.9. The SMILES string of the molecule is O=S(=O)(Nc1ccccc1)c1ccc2c(c1)[C@H]1C=CC[C@H]1[C@@H](c1ccccc1Cl)N2. The summed E-state index contributed by atoms with van der Waals surface area (Å²) in [6.07, 6.45) is 5.29. The molecule has 1 aliphatic heterocycles. The third-order valence-corrected chi connectivity index (χ3v) is 7.63. The Balaban J connectivity index is 1.52. The molecule has 5 rings (SSSR count). The van der Waals surface area contributed by atoms with Gasteiger partial charge in [-0.3, -0.25) is 4.72 Å². The minimum absolute atomic E-state index is 0.0797. The van der Waals surface area contributed by atoms with E-state index in [0.29, 0.717) is 5.69 Å². The lowest BCUT2D eigenvalue weighted by Gasteiger charge is -2.38. The predicted molar refractivity (Wildman–Crippen MR) is 121 cm³/mol. The zero-order valence-electron chi connectivity index (χ0n) is 16.1. The van der Waals surface area contributed by atoms with E-state index in [1.165, 1.54) is 0 Å². The number of nitrogens with one attached hydrogen (secondary N) is 2. The highest BCUT2D eigenvalue weighted by Gasteiger charge is 2.39. The second kappa shape index (κ2) is 7.49. The van der Waals surface area contributed by atoms with E-state index >= 15 is 0 Å². The minimum Gasteiger partial charge on any atom is -0.378 e. The molecule has 3 aromatic rings. The molecule has 3 atom stereocenters. The van der Waals surface area contributed by atoms with Crippen molar-refractivity contribution in [3.05, 3.63) is 101 Å². The fourth-order valence-corrected chi connectivity index (χ4v) is 5.84. The fourth-order valence-electron chi connectivity index (χ4n) is 4.50. The van der Waals surface area contributed by atoms with E-state index in [-0.39, 0.29) is 22.8 Å². The molecule has 2 N–H and O–H groups in total. The Morgan fingerprint density at radius 1 is 0.933 bits per heavy atom. The average Bonchev–Trinajstić information content (AvgIpc) is 3.24. The van der Waals surface area contributed by atoms with Crippen molar-refractivity contribution >= 4 is 33.0 Å². The Labute approximate surface area is 181 Å². The van der Waals surface area contributed by atoms with Crippen molar-refractivity contribution < 1.29 is 8.42 Å². The van der Waals surface area contributed by atoms with Gasteiger partial charge in [-0.15, -0.1) is 0 Å². The molecule has 0 spiro atoms. The van der Waals surface area contributed by atoms with Gasteiger partial charge in [0.25, 0.3) is 10.0 Å². The highest BCUT2D eigenvalue weighted by Crippen LogP contribution is 2.51. The van der Waals surface area contributed by atoms with Gasteiger partial charge in [0.1, 0.15) is 0 Å². The van der Waals surface area contributed by atoms with Crippen LogP contribution >= 0.6 is 11.6 Å². The molecule has 0 amide bonds. The molecule has 0 fully saturated rings. The molecule has 0 unspecified atom stereocenters. The molecule has 30 heavy (non-hydrogen) atoms. The maximum absolute atomic E-state index is 12.9. The quantitative estimate of drug-likeness (QED) is 0.495. The van der Waals surface area contributed by atoms with E-state index in [4.69, 9.17) is 11.6 Å². The van der Waals surface area contributed by atoms with Crippen LogP contribution in [0.15, 0.2) is 89.8 Å². The molecule has 0 saturated heterocycles. The van der Waals surface area contributed by atoms with Gasteiger partial charge in [0.15, 0.2) is 0 Å². The van der Waals surface area contributed by atoms with Crippen molar-refractivity contribution in [2.75, 3.05) is 10.0 Å². The molecule has 3 aromatic carbocycles. The number of allylic oxidation sites excluding steroid dienone is 2. The first kappa shape index (κ1) is 19.2. The summed E-state index contributed by atoms with van der Waals surface area (Å²) in [6, 6.07) is 22.2. The summed E-state index contributed by atoms with van der Waals surface area (Å²) in [4.78, 5) is 0.266. The zero-order valence-corrected chi connectivity index (χ0v) is 17.7. The Hall–Kier alpha value is -2.76. The molecule has 0 bridgehead atoms. The molecule has 0 saturated carbocycles. The van der Waals surface area contributed by atoms with Gasteiger partial charge in [0.05, 0.1) is 10.9 Å². The molecular formula is C24H21ClN2O2S. The number of hydrogen-bond acceptors (Lipinski definition) is 3. The van der Waals surface area contributed by atoms with E-state index in [9.17, 15) is 8.42 Å². The number of rotatable bonds is 4. The van der Waals surface area contributed by atoms with Crippen molar-refractivity contribution in [3.8, 4) is 0 Å². The van der Waals surface area contributed by atoms with Crippen LogP contribution in [0.2, 0.25) is 5.02 Å². The smallest absolute Gasteiger partial charge is 0.261 e. The summed E-state index contributed by atoms with van der Waals surface area (Å²) in [6.45, 7) is 0. The van der Waals surface area contributed by atoms with E-state index in [2.05, 4.69) is 28.3 Å². The van der Waals surface area contributed by atoms with Crippen LogP contribution in [-0.4, -0.2) is 8.42 Å². The van der Waals surface area contributed by atoms with E-state index in [0.717, 1.165) is 28.3 Å². The number of sulfonamides is 1. The van der Waals surface area contributed by atoms with Crippen LogP contribution in [0.1, 0.15) is 29.5 Å². The highest BCUT2D eigenvalue weighted by molar-refractivity contribution is 7.92. The lowest BCUT2D eigenvalue weighted by atomic mass is 9.77. The molecule has 1 heterocycles. The second-order valence-electron chi connectivity index (χ2n) is 7.72. The normalized spacial score (nSPS) is 22.1. The van der Waals surface area contributed by atoms with Gasteiger partial charge in [-0.05, 0) is 59.9 Å². The van der Waals surface area contributed by atoms with Crippen molar-refractivity contribution in [1.29, 1.82) is 0 Å². The van der Waals surface area contributed by atoms with Crippen LogP contribution in [-0.2, 0) is 10.0 Å². The standard InChI is InChI=1S/C24H21ClN2O2S/c25-22-12-5-4-9-20(22)24-19-11-6-10-18(19)21-15-17(13-14-23(21)26-24)30(28,29)27-16-7-2-1-3-8-16/h1-10,12-15,18-19,24,26-27H,11H2/t18-,19+,24-/m0/s1. The van der Waals surface area contributed by atoms with Gasteiger partial charge in [-0.1, -0.05) is 60.2 Å². The number of para-hydroxylation sites is 1. The number of benzene rings is 3. The van der Waals surface area contributed by atoms with E-state index < -0.39 is 10.0 Å². The largest absolute Gasteiger partial charge is 0.378 e. The third kappa shape index (κ3) is 3.38. The van der Waals surface area contributed by atoms with Gasteiger partial charge in [0.2, 0.25) is 0 Å². The Kier molecular flexibility index (Phi) is 4.80. The van der Waals surface area contributed by atoms with Gasteiger partial charge < -0.3 is 5.32 Å². The van der Waals surface area contributed by atoms with Gasteiger partial charge >= 0.3 is 0 Å². The van der Waals surface area contributed by atoms with Gasteiger partial charge in [-0.2, -0.15) is 0 Å². The summed E-state index contributed by atoms with van der Waals surface area (Å²) in [5.74, 6) is 0.437. The van der Waals surface area contributed by atoms with Gasteiger partial charge in [0, 0.05) is 22.3 Å². The Morgan fingerprint density at radius 3 is 2.50 bits per heavy atom. The van der Waals surface area contributed by atoms with Crippen molar-refractivity contribution in [2.45, 2.75) is 23.3 Å². The molecule has 0 aromatic heterocycles. The summed E-state index contributed by atoms with van der Waals surface area (Å²) in [5.41, 5.74) is 3.58. The van der Waals surface area contributed by atoms with Crippen LogP contribution < -0.4 is 10.0 Å². The topological polar surface area (TPSA) is 58.2 Å². The summed E-state index contributed by atoms with van der Waals surface area (Å²) in [5, 5.41) is 4.36. The lowest BCUT2D eigenvalue weighted by Crippen LogP contribution is -2.29. The molecule has 2 aliphatic rings. The first-order chi connectivity index (χ1) is 14.5. The van der Waals surface area contributed by atoms with Crippen LogP contribution in [0, 0.1) is 5.92 Å². The van der Waals surface area contributed by atoms with Crippen molar-refractivity contribution in [1.82, 2.24) is 0 Å². The number of fused-ring (bicyclic) bond motifs is 3. The van der Waals surface area contributed by atoms with Crippen LogP contribution in [0.5, 0.6) is 0 Å². The molecule has 1 aliphatic carbocycles. The molecule has 152 valence electrons. The second-order valence-corrected chi connectivity index (χ2v) is 9.81. The third-order valence-electron chi connectivity index (χ3n) is 5.91. The Bertz CT molecular complexity index is 1220. The average molecular weight is 437 g/mol. The van der Waals surface area contributed by atoms with Crippen molar-refractivity contribution in [3.63, 3.8) is 0 Å². The highest BCUT2D eigenvalue weighted by atomic mass is 35.5. The lowest BCUT2D eigenvalue weighted by molar-refractivity contribution is 0.425. The first-order valence-electron chi connectivity index (χ1n) is 9.92. The molecule has 6 heteroatoms. The monoisotopic (exact) mass is 436 g/mol. The fraction of sp³-hybridized carbons (Fsp3) is 0.167. The molecule has 4 nitrogen and oxygen atoms in total. The number of halogens is 1. The van der Waals surface area contributed by atoms with Crippen LogP contribution in [0.4, 0.5) is 11.4 Å². The summed E-state index contributed by atoms with van der Waals surface area (Å²) < 4.78 is 28.5. The first-order valence-corrected chi connectivity index (χ1v) is 11.8. The van der Waals surface area contributed by atoms with Crippen molar-refractivity contribution in [2.24, 2.45) is 5.92 Å². The summed E-state index contributed by atoms with van der Waals surface area (Å²) in [7, 11) is -3.67. The zero-order chi connectivity index (χ0) is 20.7. The molecular weight excluding hydrogens is 416 g/mol. The van der Waals surface area contributed by atoms with Crippen LogP contribution in [0.3, 0.4) is 0 Å². The number of hydrogen-bond donors (Lipinski definition) is 2. The number of anilines is 2. The van der Waals surface area contributed by atoms with E-state index in [1.54, 1.807) is 36.4 Å². The Morgan fingerprint density at radius 2 is 1.70 bits per heavy atom. The molecule has 0 radical (unpaired) electrons.